The molecule has 18 nitrogen and oxygen atoms in total. The highest BCUT2D eigenvalue weighted by atomic mass is 16.2. The Labute approximate surface area is 435 Å². The van der Waals surface area contributed by atoms with E-state index < -0.39 is 83.1 Å². The molecule has 2 heterocycles. The first-order valence-corrected chi connectivity index (χ1v) is 26.1. The second-order valence-electron chi connectivity index (χ2n) is 22.5. The summed E-state index contributed by atoms with van der Waals surface area (Å²) in [5.41, 5.74) is 3.00. The molecule has 7 rings (SSSR count). The third kappa shape index (κ3) is 12.1. The molecule has 2 fully saturated rings. The normalized spacial score (nSPS) is 22.8. The van der Waals surface area contributed by atoms with E-state index in [0.717, 1.165) is 22.3 Å². The van der Waals surface area contributed by atoms with Crippen molar-refractivity contribution < 1.29 is 38.4 Å². The molecule has 2 aliphatic carbocycles. The minimum atomic E-state index is -0.864. The SMILES string of the molecule is CNC(C)C(=O)NC(C(=O)N1CCCC1C(=O)NC1c2ccccc2CC1NC(=O)c1ccc(C(=O)NC2Cc3ccccc3C2NC(=O)C2CCCN2C(=O)C(NC(=O)C(C)NC)C(C)(C)C)cc1)C(C)(C)C. The lowest BCUT2D eigenvalue weighted by molar-refractivity contribution is -0.144. The number of rotatable bonds is 16. The van der Waals surface area contributed by atoms with Crippen LogP contribution in [0.15, 0.2) is 72.8 Å². The van der Waals surface area contributed by atoms with Crippen molar-refractivity contribution in [3.05, 3.63) is 106 Å². The minimum absolute atomic E-state index is 0.303. The Hall–Kier alpha value is -6.66. The Morgan fingerprint density at radius 1 is 0.514 bits per heavy atom. The third-order valence-corrected chi connectivity index (χ3v) is 15.2. The number of carbonyl (C=O) groups is 8. The van der Waals surface area contributed by atoms with Crippen molar-refractivity contribution >= 4 is 47.3 Å². The second kappa shape index (κ2) is 22.8. The molecule has 0 bridgehead atoms. The number of carbonyl (C=O) groups excluding carboxylic acids is 8. The molecule has 0 radical (unpaired) electrons. The maximum absolute atomic E-state index is 14.2. The number of hydrogen-bond acceptors (Lipinski definition) is 10. The number of likely N-dealkylation sites (N-methyl/N-ethyl adjacent to an activating group) is 2. The van der Waals surface area contributed by atoms with Gasteiger partial charge < -0.3 is 52.3 Å². The Kier molecular flexibility index (Phi) is 17.0. The van der Waals surface area contributed by atoms with Crippen LogP contribution in [0.3, 0.4) is 0 Å². The molecule has 10 atom stereocenters. The van der Waals surface area contributed by atoms with E-state index in [2.05, 4.69) is 42.5 Å². The summed E-state index contributed by atoms with van der Waals surface area (Å²) >= 11 is 0. The summed E-state index contributed by atoms with van der Waals surface area (Å²) in [4.78, 5) is 114. The van der Waals surface area contributed by atoms with Crippen LogP contribution in [0.4, 0.5) is 0 Å². The van der Waals surface area contributed by atoms with Gasteiger partial charge in [-0.1, -0.05) is 90.1 Å². The van der Waals surface area contributed by atoms with Crippen LogP contribution < -0.4 is 42.5 Å². The molecule has 8 amide bonds. The van der Waals surface area contributed by atoms with Crippen LogP contribution in [-0.4, -0.2) is 133 Å². The van der Waals surface area contributed by atoms with Crippen LogP contribution in [0.25, 0.3) is 0 Å². The number of hydrogen-bond donors (Lipinski definition) is 8. The summed E-state index contributed by atoms with van der Waals surface area (Å²) in [6, 6.07) is 15.1. The summed E-state index contributed by atoms with van der Waals surface area (Å²) in [6.07, 6.45) is 3.03. The van der Waals surface area contributed by atoms with Crippen molar-refractivity contribution in [2.24, 2.45) is 10.8 Å². The fourth-order valence-electron chi connectivity index (χ4n) is 10.6. The van der Waals surface area contributed by atoms with Crippen LogP contribution in [-0.2, 0) is 41.6 Å². The molecular weight excluding hydrogens is 941 g/mol. The standard InChI is InChI=1S/C56H76N10O8/c1-31(57-9)47(67)63-45(55(3,4)5)53(73)65-27-15-21-41(65)51(71)61-43-37-19-13-11-17-35(37)29-39(43)59-49(69)33-23-25-34(26-24-33)50(70)60-40-30-36-18-12-14-20-38(36)44(40)62-52(72)42-22-16-28-66(42)54(74)46(56(6,7)8)64-48(68)32(2)58-10/h11-14,17-20,23-26,31-32,39-46,57-58H,15-16,21-22,27-30H2,1-10H3,(H,59,69)(H,60,70)(H,61,71)(H,62,72)(H,63,67)(H,64,68). The molecule has 0 saturated carbocycles. The molecule has 10 unspecified atom stereocenters. The lowest BCUT2D eigenvalue weighted by Gasteiger charge is -2.36. The zero-order valence-electron chi connectivity index (χ0n) is 44.5. The number of nitrogens with one attached hydrogen (secondary N) is 8. The van der Waals surface area contributed by atoms with E-state index in [1.54, 1.807) is 62.0 Å². The predicted octanol–water partition coefficient (Wildman–Crippen LogP) is 2.97. The van der Waals surface area contributed by atoms with Crippen molar-refractivity contribution in [1.82, 2.24) is 52.3 Å². The predicted molar refractivity (Wildman–Crippen MR) is 280 cm³/mol. The molecule has 4 aliphatic rings. The number of fused-ring (bicyclic) bond motifs is 2. The van der Waals surface area contributed by atoms with E-state index in [1.807, 2.05) is 90.1 Å². The Bertz CT molecular complexity index is 2430. The van der Waals surface area contributed by atoms with E-state index >= 15 is 0 Å². The van der Waals surface area contributed by atoms with Gasteiger partial charge in [0.05, 0.1) is 36.3 Å². The van der Waals surface area contributed by atoms with Crippen molar-refractivity contribution in [3.8, 4) is 0 Å². The number of likely N-dealkylation sites (tertiary alicyclic amines) is 2. The smallest absolute Gasteiger partial charge is 0.251 e. The van der Waals surface area contributed by atoms with Gasteiger partial charge in [-0.15, -0.1) is 0 Å². The number of benzene rings is 3. The van der Waals surface area contributed by atoms with Crippen molar-refractivity contribution in [2.45, 2.75) is 154 Å². The maximum atomic E-state index is 14.2. The van der Waals surface area contributed by atoms with Crippen LogP contribution in [0.5, 0.6) is 0 Å². The molecule has 398 valence electrons. The average Bonchev–Trinajstić information content (AvgIpc) is 4.19. The molecule has 2 saturated heterocycles. The van der Waals surface area contributed by atoms with Crippen LogP contribution >= 0.6 is 0 Å². The molecule has 3 aromatic rings. The van der Waals surface area contributed by atoms with Crippen molar-refractivity contribution in [3.63, 3.8) is 0 Å². The van der Waals surface area contributed by atoms with Gasteiger partial charge in [0.15, 0.2) is 0 Å². The van der Waals surface area contributed by atoms with E-state index in [0.29, 0.717) is 62.7 Å². The van der Waals surface area contributed by atoms with Gasteiger partial charge in [0, 0.05) is 24.2 Å². The van der Waals surface area contributed by atoms with E-state index in [-0.39, 0.29) is 35.4 Å². The summed E-state index contributed by atoms with van der Waals surface area (Å²) in [5.74, 6) is -2.76. The van der Waals surface area contributed by atoms with Gasteiger partial charge >= 0.3 is 0 Å². The molecule has 18 heteroatoms. The quantitative estimate of drug-likeness (QED) is 0.104. The molecule has 74 heavy (non-hydrogen) atoms. The summed E-state index contributed by atoms with van der Waals surface area (Å²) in [5, 5.41) is 24.2. The van der Waals surface area contributed by atoms with Gasteiger partial charge in [-0.2, -0.15) is 0 Å². The molecular formula is C56H76N10O8. The zero-order valence-corrected chi connectivity index (χ0v) is 44.5. The van der Waals surface area contributed by atoms with Crippen LogP contribution in [0, 0.1) is 10.8 Å². The first-order chi connectivity index (χ1) is 35.0. The van der Waals surface area contributed by atoms with E-state index in [9.17, 15) is 38.4 Å². The zero-order chi connectivity index (χ0) is 53.8. The molecule has 2 aliphatic heterocycles. The fraction of sp³-hybridized carbons (Fsp3) is 0.536. The van der Waals surface area contributed by atoms with Gasteiger partial charge in [0.1, 0.15) is 24.2 Å². The van der Waals surface area contributed by atoms with Crippen molar-refractivity contribution in [1.29, 1.82) is 0 Å². The molecule has 0 aromatic heterocycles. The summed E-state index contributed by atoms with van der Waals surface area (Å²) in [7, 11) is 3.34. The number of nitrogens with zero attached hydrogens (tertiary/aromatic N) is 2. The van der Waals surface area contributed by atoms with Gasteiger partial charge in [-0.3, -0.25) is 38.4 Å². The van der Waals surface area contributed by atoms with Gasteiger partial charge in [0.25, 0.3) is 11.8 Å². The highest BCUT2D eigenvalue weighted by Crippen LogP contribution is 2.35. The first-order valence-electron chi connectivity index (χ1n) is 26.1. The lowest BCUT2D eigenvalue weighted by Crippen LogP contribution is -2.59. The molecule has 0 spiro atoms. The molecule has 8 N–H and O–H groups in total. The number of amides is 8. The fourth-order valence-corrected chi connectivity index (χ4v) is 10.6. The third-order valence-electron chi connectivity index (χ3n) is 15.2. The topological polar surface area (TPSA) is 239 Å². The molecule has 3 aromatic carbocycles. The van der Waals surface area contributed by atoms with Crippen molar-refractivity contribution in [2.75, 3.05) is 27.2 Å². The largest absolute Gasteiger partial charge is 0.347 e. The monoisotopic (exact) mass is 1020 g/mol. The minimum Gasteiger partial charge on any atom is -0.347 e. The van der Waals surface area contributed by atoms with E-state index in [1.165, 1.54) is 0 Å². The highest BCUT2D eigenvalue weighted by Gasteiger charge is 2.46. The summed E-state index contributed by atoms with van der Waals surface area (Å²) < 4.78 is 0. The van der Waals surface area contributed by atoms with Gasteiger partial charge in [0.2, 0.25) is 35.4 Å². The average molecular weight is 1020 g/mol. The van der Waals surface area contributed by atoms with E-state index in [4.69, 9.17) is 0 Å². The Balaban J connectivity index is 1.00. The Morgan fingerprint density at radius 2 is 0.865 bits per heavy atom. The maximum Gasteiger partial charge on any atom is 0.251 e. The Morgan fingerprint density at radius 3 is 1.20 bits per heavy atom. The van der Waals surface area contributed by atoms with Gasteiger partial charge in [-0.25, -0.2) is 0 Å². The second-order valence-corrected chi connectivity index (χ2v) is 22.5. The van der Waals surface area contributed by atoms with Crippen LogP contribution in [0.1, 0.15) is 136 Å². The first kappa shape index (κ1) is 55.1. The lowest BCUT2D eigenvalue weighted by atomic mass is 9.85. The van der Waals surface area contributed by atoms with Gasteiger partial charge in [-0.05, 0) is 124 Å². The highest BCUT2D eigenvalue weighted by molar-refractivity contribution is 5.99. The summed E-state index contributed by atoms with van der Waals surface area (Å²) in [6.45, 7) is 15.4. The van der Waals surface area contributed by atoms with Crippen LogP contribution in [0.2, 0.25) is 0 Å².